The van der Waals surface area contributed by atoms with Gasteiger partial charge in [-0.1, -0.05) is 12.1 Å². The number of imidazole rings is 1. The Morgan fingerprint density at radius 2 is 2.11 bits per heavy atom. The summed E-state index contributed by atoms with van der Waals surface area (Å²) < 4.78 is 7.41. The standard InChI is InChI=1S/C19H21N5O4/c1-2-28-16-7-4-3-6-15(16)24-18(26)14(17(25)22-19(24)27)12-20-8-5-10-23-11-9-21-13-23/h3-4,6-7,9,11-14H,2,5,8,10H2,1H3,(H,22,25,27)/t14-/m1/s1. The number of para-hydroxylation sites is 2. The first-order valence-corrected chi connectivity index (χ1v) is 8.98. The second kappa shape index (κ2) is 8.94. The number of benzene rings is 1. The molecule has 0 spiro atoms. The molecule has 1 fully saturated rings. The van der Waals surface area contributed by atoms with E-state index in [9.17, 15) is 14.4 Å². The minimum Gasteiger partial charge on any atom is -0.492 e. The van der Waals surface area contributed by atoms with Crippen LogP contribution in [-0.2, 0) is 16.1 Å². The number of urea groups is 1. The maximum atomic E-state index is 12.8. The van der Waals surface area contributed by atoms with Gasteiger partial charge < -0.3 is 9.30 Å². The van der Waals surface area contributed by atoms with Crippen LogP contribution in [0.1, 0.15) is 13.3 Å². The van der Waals surface area contributed by atoms with E-state index in [2.05, 4.69) is 15.3 Å². The van der Waals surface area contributed by atoms with Crippen LogP contribution in [0.2, 0.25) is 0 Å². The Hall–Kier alpha value is -3.49. The molecule has 146 valence electrons. The van der Waals surface area contributed by atoms with Gasteiger partial charge in [0, 0.05) is 31.7 Å². The number of hydrogen-bond donors (Lipinski definition) is 1. The number of rotatable bonds is 8. The lowest BCUT2D eigenvalue weighted by Crippen LogP contribution is -2.58. The number of hydrogen-bond acceptors (Lipinski definition) is 6. The fourth-order valence-corrected chi connectivity index (χ4v) is 2.81. The number of nitrogens with one attached hydrogen (secondary N) is 1. The molecule has 1 N–H and O–H groups in total. The van der Waals surface area contributed by atoms with Crippen molar-refractivity contribution in [3.05, 3.63) is 43.0 Å². The lowest BCUT2D eigenvalue weighted by molar-refractivity contribution is -0.131. The van der Waals surface area contributed by atoms with Crippen molar-refractivity contribution in [3.63, 3.8) is 0 Å². The van der Waals surface area contributed by atoms with Crippen molar-refractivity contribution in [3.8, 4) is 5.75 Å². The SMILES string of the molecule is CCOc1ccccc1N1C(=O)NC(=O)[C@@H](C=NCCCn2ccnc2)C1=O. The van der Waals surface area contributed by atoms with Crippen molar-refractivity contribution in [2.24, 2.45) is 10.9 Å². The van der Waals surface area contributed by atoms with Crippen LogP contribution in [-0.4, -0.2) is 46.8 Å². The van der Waals surface area contributed by atoms with Crippen molar-refractivity contribution in [2.45, 2.75) is 19.9 Å². The summed E-state index contributed by atoms with van der Waals surface area (Å²) in [5, 5.41) is 2.21. The van der Waals surface area contributed by atoms with Gasteiger partial charge in [-0.15, -0.1) is 0 Å². The molecule has 1 saturated heterocycles. The van der Waals surface area contributed by atoms with Crippen LogP contribution in [0.15, 0.2) is 48.0 Å². The average Bonchev–Trinajstić information content (AvgIpc) is 3.18. The van der Waals surface area contributed by atoms with Gasteiger partial charge in [0.15, 0.2) is 5.92 Å². The Morgan fingerprint density at radius 1 is 1.29 bits per heavy atom. The van der Waals surface area contributed by atoms with Gasteiger partial charge in [0.1, 0.15) is 5.75 Å². The number of carbonyl (C=O) groups is 3. The number of amides is 4. The molecule has 0 bridgehead atoms. The van der Waals surface area contributed by atoms with E-state index in [1.54, 1.807) is 43.7 Å². The molecule has 0 aliphatic carbocycles. The summed E-state index contributed by atoms with van der Waals surface area (Å²) in [4.78, 5) is 46.3. The first-order valence-electron chi connectivity index (χ1n) is 8.98. The summed E-state index contributed by atoms with van der Waals surface area (Å²) >= 11 is 0. The van der Waals surface area contributed by atoms with Gasteiger partial charge in [0.05, 0.1) is 18.6 Å². The van der Waals surface area contributed by atoms with Gasteiger partial charge >= 0.3 is 6.03 Å². The van der Waals surface area contributed by atoms with Crippen molar-refractivity contribution in [1.29, 1.82) is 0 Å². The zero-order chi connectivity index (χ0) is 19.9. The van der Waals surface area contributed by atoms with Crippen molar-refractivity contribution < 1.29 is 19.1 Å². The Morgan fingerprint density at radius 3 is 2.86 bits per heavy atom. The van der Waals surface area contributed by atoms with E-state index >= 15 is 0 Å². The van der Waals surface area contributed by atoms with Gasteiger partial charge in [-0.25, -0.2) is 14.7 Å². The molecular weight excluding hydrogens is 362 g/mol. The zero-order valence-corrected chi connectivity index (χ0v) is 15.4. The van der Waals surface area contributed by atoms with Crippen LogP contribution in [0.5, 0.6) is 5.75 Å². The van der Waals surface area contributed by atoms with Gasteiger partial charge in [-0.05, 0) is 25.5 Å². The highest BCUT2D eigenvalue weighted by Gasteiger charge is 2.41. The highest BCUT2D eigenvalue weighted by Crippen LogP contribution is 2.30. The Balaban J connectivity index is 1.70. The molecule has 1 aromatic heterocycles. The maximum Gasteiger partial charge on any atom is 0.335 e. The van der Waals surface area contributed by atoms with Gasteiger partial charge in [0.25, 0.3) is 5.91 Å². The molecule has 4 amide bonds. The molecule has 1 atom stereocenters. The molecule has 3 rings (SSSR count). The molecule has 2 heterocycles. The number of carbonyl (C=O) groups excluding carboxylic acids is 3. The topological polar surface area (TPSA) is 106 Å². The molecule has 2 aromatic rings. The summed E-state index contributed by atoms with van der Waals surface area (Å²) in [5.41, 5.74) is 0.290. The lowest BCUT2D eigenvalue weighted by Gasteiger charge is -2.29. The van der Waals surface area contributed by atoms with Gasteiger partial charge in [-0.3, -0.25) is 19.9 Å². The largest absolute Gasteiger partial charge is 0.492 e. The highest BCUT2D eigenvalue weighted by molar-refractivity contribution is 6.32. The van der Waals surface area contributed by atoms with E-state index in [0.29, 0.717) is 18.9 Å². The number of ether oxygens (including phenoxy) is 1. The molecular formula is C19H21N5O4. The van der Waals surface area contributed by atoms with Crippen LogP contribution >= 0.6 is 0 Å². The Kier molecular flexibility index (Phi) is 6.15. The monoisotopic (exact) mass is 383 g/mol. The number of imide groups is 2. The summed E-state index contributed by atoms with van der Waals surface area (Å²) in [5.74, 6) is -2.11. The number of aryl methyl sites for hydroxylation is 1. The predicted molar refractivity (Wildman–Crippen MR) is 102 cm³/mol. The normalized spacial score (nSPS) is 17.2. The molecule has 28 heavy (non-hydrogen) atoms. The third-order valence-electron chi connectivity index (χ3n) is 4.13. The van der Waals surface area contributed by atoms with Crippen LogP contribution in [0, 0.1) is 5.92 Å². The summed E-state index contributed by atoms with van der Waals surface area (Å²) in [6.45, 7) is 3.35. The molecule has 1 aliphatic heterocycles. The predicted octanol–water partition coefficient (Wildman–Crippen LogP) is 1.64. The summed E-state index contributed by atoms with van der Waals surface area (Å²) in [6, 6.07) is 5.89. The lowest BCUT2D eigenvalue weighted by atomic mass is 10.1. The van der Waals surface area contributed by atoms with E-state index < -0.39 is 23.8 Å². The fourth-order valence-electron chi connectivity index (χ4n) is 2.81. The van der Waals surface area contributed by atoms with Crippen molar-refractivity contribution in [1.82, 2.24) is 14.9 Å². The molecule has 0 unspecified atom stereocenters. The third-order valence-corrected chi connectivity index (χ3v) is 4.13. The van der Waals surface area contributed by atoms with Crippen LogP contribution < -0.4 is 15.0 Å². The van der Waals surface area contributed by atoms with Crippen LogP contribution in [0.4, 0.5) is 10.5 Å². The number of anilines is 1. The van der Waals surface area contributed by atoms with Crippen LogP contribution in [0.25, 0.3) is 0 Å². The smallest absolute Gasteiger partial charge is 0.335 e. The first kappa shape index (κ1) is 19.3. The minimum absolute atomic E-state index is 0.290. The molecule has 1 aliphatic rings. The molecule has 1 aromatic carbocycles. The first-order chi connectivity index (χ1) is 13.6. The minimum atomic E-state index is -1.17. The zero-order valence-electron chi connectivity index (χ0n) is 15.4. The van der Waals surface area contributed by atoms with E-state index in [4.69, 9.17) is 4.74 Å². The van der Waals surface area contributed by atoms with E-state index in [-0.39, 0.29) is 5.69 Å². The molecule has 9 nitrogen and oxygen atoms in total. The van der Waals surface area contributed by atoms with E-state index in [1.165, 1.54) is 6.21 Å². The second-order valence-corrected chi connectivity index (χ2v) is 6.06. The number of nitrogens with zero attached hydrogens (tertiary/aromatic N) is 4. The van der Waals surface area contributed by atoms with Gasteiger partial charge in [0.2, 0.25) is 5.91 Å². The van der Waals surface area contributed by atoms with E-state index in [0.717, 1.165) is 17.9 Å². The fraction of sp³-hybridized carbons (Fsp3) is 0.316. The number of barbiturate groups is 1. The number of aliphatic imine (C=N–C) groups is 1. The number of aromatic nitrogens is 2. The Labute approximate surface area is 162 Å². The average molecular weight is 383 g/mol. The van der Waals surface area contributed by atoms with Crippen molar-refractivity contribution in [2.75, 3.05) is 18.1 Å². The summed E-state index contributed by atoms with van der Waals surface area (Å²) in [7, 11) is 0. The summed E-state index contributed by atoms with van der Waals surface area (Å²) in [6.07, 6.45) is 7.28. The Bertz CT molecular complexity index is 878. The quantitative estimate of drug-likeness (QED) is 0.424. The highest BCUT2D eigenvalue weighted by atomic mass is 16.5. The van der Waals surface area contributed by atoms with E-state index in [1.807, 2.05) is 10.8 Å². The molecule has 0 saturated carbocycles. The maximum absolute atomic E-state index is 12.8. The molecule has 0 radical (unpaired) electrons. The second-order valence-electron chi connectivity index (χ2n) is 6.06. The van der Waals surface area contributed by atoms with Gasteiger partial charge in [-0.2, -0.15) is 0 Å². The molecule has 9 heteroatoms. The van der Waals surface area contributed by atoms with Crippen LogP contribution in [0.3, 0.4) is 0 Å². The third kappa shape index (κ3) is 4.25. The van der Waals surface area contributed by atoms with Crippen molar-refractivity contribution >= 4 is 29.7 Å².